The maximum atomic E-state index is 13.2. The number of amides is 1. The number of hydrogen-bond acceptors (Lipinski definition) is 9. The standard InChI is InChI=1S/C29H38N2O8/c1-5-6-10-18-36-26-19(2)37-29(34)22(14-11-15-24(26)39-21-12-8-7-9-13-21)31-28(33)25-27(38-20(3)32)23(35-4)16-17-30-25/h7-9,12-13,16-17,19,22,24,26H,5-6,10-11,14-15,18H2,1-4H3,(H,31,33)/t19-,22-,24-,26-/m0/s1. The van der Waals surface area contributed by atoms with Gasteiger partial charge in [-0.25, -0.2) is 9.78 Å². The number of cyclic esters (lactones) is 1. The zero-order chi connectivity index (χ0) is 28.2. The van der Waals surface area contributed by atoms with Crippen LogP contribution in [0.4, 0.5) is 0 Å². The lowest BCUT2D eigenvalue weighted by molar-refractivity contribution is -0.163. The molecule has 1 aromatic heterocycles. The van der Waals surface area contributed by atoms with Crippen LogP contribution in [0, 0.1) is 0 Å². The SMILES string of the molecule is CCCCCO[C@H]1[C@H](C)OC(=O)[C@@H](NC(=O)c2nccc(OC)c2OC(C)=O)CCC[C@@H]1Oc1ccccc1. The third kappa shape index (κ3) is 8.68. The maximum Gasteiger partial charge on any atom is 0.329 e. The number of rotatable bonds is 11. The lowest BCUT2D eigenvalue weighted by Crippen LogP contribution is -2.46. The quantitative estimate of drug-likeness (QED) is 0.328. The summed E-state index contributed by atoms with van der Waals surface area (Å²) in [7, 11) is 1.38. The number of aromatic nitrogens is 1. The average molecular weight is 543 g/mol. The highest BCUT2D eigenvalue weighted by Gasteiger charge is 2.36. The molecule has 0 saturated carbocycles. The Hall–Kier alpha value is -3.66. The summed E-state index contributed by atoms with van der Waals surface area (Å²) in [4.78, 5) is 42.1. The Morgan fingerprint density at radius 1 is 1.13 bits per heavy atom. The first kappa shape index (κ1) is 29.9. The second-order valence-electron chi connectivity index (χ2n) is 9.40. The van der Waals surface area contributed by atoms with Crippen LogP contribution in [0.15, 0.2) is 42.6 Å². The van der Waals surface area contributed by atoms with Crippen molar-refractivity contribution in [3.05, 3.63) is 48.3 Å². The minimum Gasteiger partial charge on any atom is -0.493 e. The number of methoxy groups -OCH3 is 1. The second-order valence-corrected chi connectivity index (χ2v) is 9.40. The molecule has 0 radical (unpaired) electrons. The molecule has 3 rings (SSSR count). The van der Waals surface area contributed by atoms with Gasteiger partial charge in [0.15, 0.2) is 11.4 Å². The van der Waals surface area contributed by atoms with Gasteiger partial charge in [-0.05, 0) is 44.7 Å². The summed E-state index contributed by atoms with van der Waals surface area (Å²) in [5.74, 6) is -1.17. The van der Waals surface area contributed by atoms with Crippen LogP contribution in [-0.4, -0.2) is 60.9 Å². The number of ether oxygens (including phenoxy) is 5. The lowest BCUT2D eigenvalue weighted by atomic mass is 10.0. The van der Waals surface area contributed by atoms with E-state index in [0.29, 0.717) is 31.6 Å². The first-order valence-corrected chi connectivity index (χ1v) is 13.4. The molecule has 0 bridgehead atoms. The number of nitrogens with one attached hydrogen (secondary N) is 1. The lowest BCUT2D eigenvalue weighted by Gasteiger charge is -2.31. The second kappa shape index (κ2) is 15.1. The van der Waals surface area contributed by atoms with E-state index in [0.717, 1.165) is 19.3 Å². The molecule has 10 heteroatoms. The molecular formula is C29H38N2O8. The predicted molar refractivity (Wildman–Crippen MR) is 143 cm³/mol. The first-order chi connectivity index (χ1) is 18.8. The topological polar surface area (TPSA) is 122 Å². The molecule has 4 atom stereocenters. The van der Waals surface area contributed by atoms with Crippen LogP contribution in [-0.2, 0) is 19.1 Å². The number of nitrogens with zero attached hydrogens (tertiary/aromatic N) is 1. The number of esters is 2. The molecule has 1 aromatic carbocycles. The van der Waals surface area contributed by atoms with Crippen molar-refractivity contribution in [2.24, 2.45) is 0 Å². The van der Waals surface area contributed by atoms with Crippen LogP contribution < -0.4 is 19.5 Å². The zero-order valence-corrected chi connectivity index (χ0v) is 23.0. The monoisotopic (exact) mass is 542 g/mol. The van der Waals surface area contributed by atoms with Gasteiger partial charge in [0, 0.05) is 25.8 Å². The van der Waals surface area contributed by atoms with Crippen LogP contribution in [0.25, 0.3) is 0 Å². The number of benzene rings is 1. The molecule has 1 aliphatic heterocycles. The van der Waals surface area contributed by atoms with Gasteiger partial charge < -0.3 is 29.0 Å². The molecule has 1 fully saturated rings. The molecule has 212 valence electrons. The highest BCUT2D eigenvalue weighted by Crippen LogP contribution is 2.30. The molecule has 2 heterocycles. The van der Waals surface area contributed by atoms with Crippen molar-refractivity contribution < 1.29 is 38.1 Å². The molecule has 0 aliphatic carbocycles. The summed E-state index contributed by atoms with van der Waals surface area (Å²) in [5, 5.41) is 2.70. The Bertz CT molecular complexity index is 1090. The van der Waals surface area contributed by atoms with Crippen molar-refractivity contribution in [3.63, 3.8) is 0 Å². The highest BCUT2D eigenvalue weighted by atomic mass is 16.6. The minimum atomic E-state index is -0.950. The molecule has 2 aromatic rings. The fourth-order valence-electron chi connectivity index (χ4n) is 4.41. The van der Waals surface area contributed by atoms with Gasteiger partial charge >= 0.3 is 11.9 Å². The molecule has 1 aliphatic rings. The summed E-state index contributed by atoms with van der Waals surface area (Å²) < 4.78 is 28.7. The van der Waals surface area contributed by atoms with Crippen LogP contribution >= 0.6 is 0 Å². The van der Waals surface area contributed by atoms with Crippen molar-refractivity contribution in [3.8, 4) is 17.2 Å². The molecule has 1 amide bonds. The third-order valence-electron chi connectivity index (χ3n) is 6.34. The third-order valence-corrected chi connectivity index (χ3v) is 6.34. The first-order valence-electron chi connectivity index (χ1n) is 13.4. The number of hydrogen-bond donors (Lipinski definition) is 1. The molecule has 1 saturated heterocycles. The normalized spacial score (nSPS) is 21.5. The van der Waals surface area contributed by atoms with E-state index >= 15 is 0 Å². The van der Waals surface area contributed by atoms with Gasteiger partial charge in [-0.15, -0.1) is 0 Å². The molecule has 0 unspecified atom stereocenters. The van der Waals surface area contributed by atoms with Crippen LogP contribution in [0.1, 0.15) is 69.8 Å². The van der Waals surface area contributed by atoms with E-state index in [-0.39, 0.29) is 23.3 Å². The van der Waals surface area contributed by atoms with E-state index in [9.17, 15) is 14.4 Å². The van der Waals surface area contributed by atoms with E-state index in [1.54, 1.807) is 6.92 Å². The maximum absolute atomic E-state index is 13.2. The van der Waals surface area contributed by atoms with E-state index in [1.165, 1.54) is 26.3 Å². The van der Waals surface area contributed by atoms with Crippen molar-refractivity contribution in [2.45, 2.75) is 83.6 Å². The van der Waals surface area contributed by atoms with Crippen LogP contribution in [0.3, 0.4) is 0 Å². The Labute approximate surface area is 229 Å². The van der Waals surface area contributed by atoms with Crippen molar-refractivity contribution in [2.75, 3.05) is 13.7 Å². The Balaban J connectivity index is 1.79. The summed E-state index contributed by atoms with van der Waals surface area (Å²) in [6.45, 7) is 5.63. The van der Waals surface area contributed by atoms with E-state index in [1.807, 2.05) is 30.3 Å². The Kier molecular flexibility index (Phi) is 11.5. The van der Waals surface area contributed by atoms with Crippen LogP contribution in [0.2, 0.25) is 0 Å². The predicted octanol–water partition coefficient (Wildman–Crippen LogP) is 4.25. The number of carbonyl (C=O) groups is 3. The summed E-state index contributed by atoms with van der Waals surface area (Å²) in [6.07, 6.45) is 4.31. The average Bonchev–Trinajstić information content (AvgIpc) is 2.96. The van der Waals surface area contributed by atoms with Gasteiger partial charge in [-0.3, -0.25) is 9.59 Å². The smallest absolute Gasteiger partial charge is 0.329 e. The number of unbranched alkanes of at least 4 members (excludes halogenated alkanes) is 2. The minimum absolute atomic E-state index is 0.119. The molecular weight excluding hydrogens is 504 g/mol. The van der Waals surface area contributed by atoms with Crippen molar-refractivity contribution >= 4 is 17.8 Å². The summed E-state index contributed by atoms with van der Waals surface area (Å²) in [6, 6.07) is 9.98. The van der Waals surface area contributed by atoms with Gasteiger partial charge in [0.2, 0.25) is 5.75 Å². The molecule has 10 nitrogen and oxygen atoms in total. The fraction of sp³-hybridized carbons (Fsp3) is 0.517. The van der Waals surface area contributed by atoms with Crippen molar-refractivity contribution in [1.29, 1.82) is 0 Å². The molecule has 0 spiro atoms. The number of pyridine rings is 1. The molecule has 1 N–H and O–H groups in total. The fourth-order valence-corrected chi connectivity index (χ4v) is 4.41. The van der Waals surface area contributed by atoms with Gasteiger partial charge in [-0.1, -0.05) is 38.0 Å². The summed E-state index contributed by atoms with van der Waals surface area (Å²) in [5.41, 5.74) is -0.173. The largest absolute Gasteiger partial charge is 0.493 e. The highest BCUT2D eigenvalue weighted by molar-refractivity contribution is 5.98. The van der Waals surface area contributed by atoms with Gasteiger partial charge in [0.1, 0.15) is 30.1 Å². The Morgan fingerprint density at radius 3 is 2.59 bits per heavy atom. The zero-order valence-electron chi connectivity index (χ0n) is 23.0. The summed E-state index contributed by atoms with van der Waals surface area (Å²) >= 11 is 0. The van der Waals surface area contributed by atoms with E-state index < -0.39 is 36.1 Å². The number of para-hydroxylation sites is 1. The Morgan fingerprint density at radius 2 is 1.90 bits per heavy atom. The molecule has 39 heavy (non-hydrogen) atoms. The number of carbonyl (C=O) groups excluding carboxylic acids is 3. The van der Waals surface area contributed by atoms with E-state index in [4.69, 9.17) is 23.7 Å². The van der Waals surface area contributed by atoms with E-state index in [2.05, 4.69) is 17.2 Å². The van der Waals surface area contributed by atoms with Crippen molar-refractivity contribution in [1.82, 2.24) is 10.3 Å². The van der Waals surface area contributed by atoms with Gasteiger partial charge in [0.25, 0.3) is 5.91 Å². The van der Waals surface area contributed by atoms with Gasteiger partial charge in [0.05, 0.1) is 7.11 Å². The van der Waals surface area contributed by atoms with Gasteiger partial charge in [-0.2, -0.15) is 0 Å². The van der Waals surface area contributed by atoms with Crippen LogP contribution in [0.5, 0.6) is 17.2 Å².